The predicted molar refractivity (Wildman–Crippen MR) is 38.3 cm³/mol. The predicted octanol–water partition coefficient (Wildman–Crippen LogP) is 1.91. The zero-order valence-electron chi connectivity index (χ0n) is 3.74. The molecule has 1 aliphatic heterocycles. The van der Waals surface area contributed by atoms with Crippen LogP contribution in [0.3, 0.4) is 0 Å². The van der Waals surface area contributed by atoms with E-state index in [1.54, 1.807) is 5.57 Å². The molecule has 0 amide bonds. The standard InChI is InChI=1S/C4H6BI/c1-4-2-5-6-3-4/h3H,2H2,1H3. The Bertz CT molecular complexity index is 104. The van der Waals surface area contributed by atoms with Gasteiger partial charge in [-0.1, -0.05) is 0 Å². The van der Waals surface area contributed by atoms with Gasteiger partial charge in [-0.15, -0.1) is 0 Å². The first-order valence-corrected chi connectivity index (χ1v) is 4.48. The summed E-state index contributed by atoms with van der Waals surface area (Å²) in [7, 11) is 0. The van der Waals surface area contributed by atoms with Gasteiger partial charge in [0.05, 0.1) is 0 Å². The molecule has 0 radical (unpaired) electrons. The van der Waals surface area contributed by atoms with Crippen molar-refractivity contribution in [3.05, 3.63) is 9.66 Å². The van der Waals surface area contributed by atoms with Crippen molar-refractivity contribution in [3.63, 3.8) is 0 Å². The molecule has 0 fully saturated rings. The van der Waals surface area contributed by atoms with Crippen molar-refractivity contribution < 1.29 is 0 Å². The Kier molecular flexibility index (Phi) is 1.57. The quantitative estimate of drug-likeness (QED) is 0.406. The first-order chi connectivity index (χ1) is 2.89. The van der Waals surface area contributed by atoms with E-state index in [-0.39, 0.29) is 0 Å². The minimum absolute atomic E-state index is 0.415. The van der Waals surface area contributed by atoms with E-state index in [0.717, 1.165) is 0 Å². The summed E-state index contributed by atoms with van der Waals surface area (Å²) in [6.45, 7) is 2.20. The monoisotopic (exact) mass is 192 g/mol. The Morgan fingerprint density at radius 2 is 2.83 bits per heavy atom. The van der Waals surface area contributed by atoms with Crippen LogP contribution in [0.15, 0.2) is 9.66 Å². The molecule has 0 spiro atoms. The summed E-state index contributed by atoms with van der Waals surface area (Å²) in [6.07, 6.45) is 1.27. The van der Waals surface area contributed by atoms with Gasteiger partial charge < -0.3 is 0 Å². The van der Waals surface area contributed by atoms with E-state index in [2.05, 4.69) is 15.7 Å². The number of rotatable bonds is 0. The molecule has 0 aromatic carbocycles. The molecular formula is C4H6BI. The molecule has 0 atom stereocenters. The van der Waals surface area contributed by atoms with Gasteiger partial charge in [0.1, 0.15) is 0 Å². The molecule has 1 heterocycles. The first kappa shape index (κ1) is 4.69. The van der Waals surface area contributed by atoms with Gasteiger partial charge in [0, 0.05) is 0 Å². The summed E-state index contributed by atoms with van der Waals surface area (Å²) in [4.78, 5) is 0. The third kappa shape index (κ3) is 0.998. The van der Waals surface area contributed by atoms with Gasteiger partial charge in [-0.25, -0.2) is 0 Å². The van der Waals surface area contributed by atoms with Crippen LogP contribution in [0.25, 0.3) is 0 Å². The maximum atomic E-state index is 2.40. The van der Waals surface area contributed by atoms with Crippen LogP contribution >= 0.6 is 20.5 Å². The molecule has 0 nitrogen and oxygen atoms in total. The Morgan fingerprint density at radius 1 is 2.00 bits per heavy atom. The molecule has 0 bridgehead atoms. The van der Waals surface area contributed by atoms with Gasteiger partial charge in [-0.3, -0.25) is 0 Å². The third-order valence-corrected chi connectivity index (χ3v) is 3.11. The Hall–Kier alpha value is 0.535. The van der Waals surface area contributed by atoms with Gasteiger partial charge in [0.2, 0.25) is 0 Å². The van der Waals surface area contributed by atoms with Crippen molar-refractivity contribution >= 4 is 25.2 Å². The third-order valence-electron chi connectivity index (χ3n) is 0.737. The molecule has 0 saturated heterocycles. The van der Waals surface area contributed by atoms with E-state index < -0.39 is 0 Å². The zero-order valence-corrected chi connectivity index (χ0v) is 5.90. The molecule has 2 heteroatoms. The van der Waals surface area contributed by atoms with Crippen LogP contribution in [0, 0.1) is 0 Å². The van der Waals surface area contributed by atoms with Crippen LogP contribution in [0.5, 0.6) is 0 Å². The van der Waals surface area contributed by atoms with Crippen molar-refractivity contribution in [2.75, 3.05) is 0 Å². The van der Waals surface area contributed by atoms with Crippen molar-refractivity contribution in [3.8, 4) is 0 Å². The van der Waals surface area contributed by atoms with Gasteiger partial charge in [0.25, 0.3) is 0 Å². The molecule has 6 heavy (non-hydrogen) atoms. The van der Waals surface area contributed by atoms with Crippen molar-refractivity contribution in [2.24, 2.45) is 0 Å². The summed E-state index contributed by atoms with van der Waals surface area (Å²) >= 11 is 0.415. The average molecular weight is 192 g/mol. The number of halogens is 1. The topological polar surface area (TPSA) is 0 Å². The Labute approximate surface area is 48.3 Å². The van der Waals surface area contributed by atoms with E-state index in [1.807, 2.05) is 0 Å². The number of hydrogen-bond donors (Lipinski definition) is 0. The van der Waals surface area contributed by atoms with E-state index in [4.69, 9.17) is 0 Å². The Balaban J connectivity index is 2.61. The maximum absolute atomic E-state index is 2.40. The van der Waals surface area contributed by atoms with Crippen molar-refractivity contribution in [2.45, 2.75) is 13.2 Å². The van der Waals surface area contributed by atoms with Gasteiger partial charge in [0.15, 0.2) is 0 Å². The molecule has 1 rings (SSSR count). The number of hydrogen-bond acceptors (Lipinski definition) is 0. The normalized spacial score (nSPS) is 18.5. The van der Waals surface area contributed by atoms with Crippen LogP contribution in [-0.2, 0) is 0 Å². The molecule has 0 aliphatic carbocycles. The summed E-state index contributed by atoms with van der Waals surface area (Å²) in [6, 6.07) is 0. The van der Waals surface area contributed by atoms with E-state index in [1.165, 1.54) is 6.32 Å². The fourth-order valence-electron chi connectivity index (χ4n) is 0.363. The van der Waals surface area contributed by atoms with Crippen LogP contribution in [0.4, 0.5) is 0 Å². The summed E-state index contributed by atoms with van der Waals surface area (Å²) in [5, 5.41) is 0. The van der Waals surface area contributed by atoms with Gasteiger partial charge in [-0.2, -0.15) is 0 Å². The van der Waals surface area contributed by atoms with Crippen molar-refractivity contribution in [1.29, 1.82) is 0 Å². The average Bonchev–Trinajstić information content (AvgIpc) is 1.86. The molecule has 0 N–H and O–H groups in total. The van der Waals surface area contributed by atoms with Crippen LogP contribution in [0.1, 0.15) is 6.92 Å². The second-order valence-corrected chi connectivity index (χ2v) is 3.66. The van der Waals surface area contributed by atoms with Gasteiger partial charge in [-0.05, 0) is 0 Å². The van der Waals surface area contributed by atoms with Crippen LogP contribution in [0.2, 0.25) is 6.32 Å². The molecular weight excluding hydrogens is 186 g/mol. The van der Waals surface area contributed by atoms with Crippen LogP contribution < -0.4 is 0 Å². The summed E-state index contributed by atoms with van der Waals surface area (Å²) in [5.74, 6) is 0. The fraction of sp³-hybridized carbons (Fsp3) is 0.500. The van der Waals surface area contributed by atoms with E-state index in [0.29, 0.717) is 20.5 Å². The fourth-order valence-corrected chi connectivity index (χ4v) is 2.43. The molecule has 0 aromatic rings. The molecule has 0 saturated carbocycles. The number of allylic oxidation sites excluding steroid dienone is 1. The summed E-state index contributed by atoms with van der Waals surface area (Å²) < 4.78 is 4.77. The minimum atomic E-state index is 0.415. The Morgan fingerprint density at radius 3 is 3.00 bits per heavy atom. The molecule has 32 valence electrons. The molecule has 0 aromatic heterocycles. The SMILES string of the molecule is CC1=CI=BC1. The second-order valence-electron chi connectivity index (χ2n) is 1.44. The van der Waals surface area contributed by atoms with E-state index >= 15 is 0 Å². The molecule has 1 aliphatic rings. The summed E-state index contributed by atoms with van der Waals surface area (Å²) in [5.41, 5.74) is 1.57. The first-order valence-electron chi connectivity index (χ1n) is 1.99. The van der Waals surface area contributed by atoms with Gasteiger partial charge >= 0.3 is 48.1 Å². The zero-order chi connectivity index (χ0) is 4.41. The molecule has 0 unspecified atom stereocenters. The van der Waals surface area contributed by atoms with Crippen molar-refractivity contribution in [1.82, 2.24) is 0 Å². The van der Waals surface area contributed by atoms with Crippen LogP contribution in [-0.4, -0.2) is 4.70 Å². The second kappa shape index (κ2) is 2.00. The van der Waals surface area contributed by atoms with E-state index in [9.17, 15) is 0 Å².